The molecule has 140 valence electrons. The topological polar surface area (TPSA) is 124 Å². The molecule has 0 saturated carbocycles. The van der Waals surface area contributed by atoms with E-state index < -0.39 is 9.85 Å². The van der Waals surface area contributed by atoms with Crippen molar-refractivity contribution < 1.29 is 19.4 Å². The average molecular weight is 389 g/mol. The summed E-state index contributed by atoms with van der Waals surface area (Å²) in [5, 5.41) is 20.7. The van der Waals surface area contributed by atoms with E-state index in [1.165, 1.54) is 42.5 Å². The summed E-state index contributed by atoms with van der Waals surface area (Å²) in [6.45, 7) is 0.714. The van der Waals surface area contributed by atoms with Crippen LogP contribution in [-0.4, -0.2) is 45.1 Å². The van der Waals surface area contributed by atoms with Crippen molar-refractivity contribution in [1.29, 1.82) is 0 Å². The predicted octanol–water partition coefficient (Wildman–Crippen LogP) is 3.15. The van der Waals surface area contributed by atoms with Gasteiger partial charge in [-0.05, 0) is 6.07 Å². The van der Waals surface area contributed by atoms with Crippen LogP contribution >= 0.6 is 11.8 Å². The van der Waals surface area contributed by atoms with Gasteiger partial charge in [0, 0.05) is 47.7 Å². The van der Waals surface area contributed by atoms with E-state index in [9.17, 15) is 29.8 Å². The maximum atomic E-state index is 11.9. The fourth-order valence-corrected chi connectivity index (χ4v) is 3.17. The van der Waals surface area contributed by atoms with Gasteiger partial charge >= 0.3 is 0 Å². The van der Waals surface area contributed by atoms with Gasteiger partial charge in [0.15, 0.2) is 0 Å². The van der Waals surface area contributed by atoms with Gasteiger partial charge in [0.05, 0.1) is 15.7 Å². The smallest absolute Gasteiger partial charge is 0.270 e. The van der Waals surface area contributed by atoms with Crippen LogP contribution in [0.25, 0.3) is 0 Å². The second-order valence-electron chi connectivity index (χ2n) is 5.38. The van der Waals surface area contributed by atoms with Gasteiger partial charge in [0.1, 0.15) is 6.29 Å². The minimum atomic E-state index is -0.535. The van der Waals surface area contributed by atoms with E-state index in [0.717, 1.165) is 5.75 Å². The van der Waals surface area contributed by atoms with Gasteiger partial charge in [0.2, 0.25) is 0 Å². The average Bonchev–Trinajstić information content (AvgIpc) is 3.22. The Hall–Kier alpha value is -3.27. The summed E-state index contributed by atoms with van der Waals surface area (Å²) in [5.41, 5.74) is 0.600. The first-order valence-electron chi connectivity index (χ1n) is 7.73. The molecule has 2 aromatic rings. The summed E-state index contributed by atoms with van der Waals surface area (Å²) < 4.78 is 0. The number of hydrogen-bond donors (Lipinski definition) is 0. The highest BCUT2D eigenvalue weighted by atomic mass is 32.2. The highest BCUT2D eigenvalue weighted by Gasteiger charge is 2.21. The van der Waals surface area contributed by atoms with Gasteiger partial charge in [0.25, 0.3) is 17.3 Å². The Balaban J connectivity index is 0.000000208. The van der Waals surface area contributed by atoms with Crippen LogP contribution in [0.4, 0.5) is 11.4 Å². The maximum absolute atomic E-state index is 11.9. The lowest BCUT2D eigenvalue weighted by molar-refractivity contribution is -0.385. The number of thioether (sulfide) groups is 1. The summed E-state index contributed by atoms with van der Waals surface area (Å²) in [5.74, 6) is 1.47. The molecule has 1 saturated heterocycles. The van der Waals surface area contributed by atoms with Gasteiger partial charge in [-0.2, -0.15) is 0 Å². The van der Waals surface area contributed by atoms with Gasteiger partial charge in [-0.25, -0.2) is 0 Å². The van der Waals surface area contributed by atoms with Crippen LogP contribution in [0.3, 0.4) is 0 Å². The molecule has 0 spiro atoms. The second-order valence-corrected chi connectivity index (χ2v) is 6.46. The molecule has 0 bridgehead atoms. The number of amides is 1. The first-order valence-corrected chi connectivity index (χ1v) is 8.89. The lowest BCUT2D eigenvalue weighted by atomic mass is 10.2. The van der Waals surface area contributed by atoms with Crippen molar-refractivity contribution in [3.63, 3.8) is 0 Å². The molecule has 1 amide bonds. The Morgan fingerprint density at radius 2 is 1.67 bits per heavy atom. The first-order chi connectivity index (χ1) is 12.9. The monoisotopic (exact) mass is 389 g/mol. The predicted molar refractivity (Wildman–Crippen MR) is 99.9 cm³/mol. The van der Waals surface area contributed by atoms with Crippen molar-refractivity contribution in [3.8, 4) is 0 Å². The molecule has 0 N–H and O–H groups in total. The van der Waals surface area contributed by atoms with Gasteiger partial charge < -0.3 is 4.90 Å². The molecule has 9 nitrogen and oxygen atoms in total. The van der Waals surface area contributed by atoms with E-state index in [4.69, 9.17) is 0 Å². The van der Waals surface area contributed by atoms with Crippen molar-refractivity contribution in [2.24, 2.45) is 0 Å². The van der Waals surface area contributed by atoms with Crippen LogP contribution in [0, 0.1) is 20.2 Å². The fourth-order valence-electron chi connectivity index (χ4n) is 2.22. The van der Waals surface area contributed by atoms with Gasteiger partial charge in [-0.15, -0.1) is 11.8 Å². The molecular formula is C17H15N3O6S. The third kappa shape index (κ3) is 5.61. The zero-order valence-electron chi connectivity index (χ0n) is 14.0. The molecule has 1 fully saturated rings. The van der Waals surface area contributed by atoms with Gasteiger partial charge in [-0.3, -0.25) is 29.8 Å². The van der Waals surface area contributed by atoms with E-state index in [2.05, 4.69) is 0 Å². The zero-order chi connectivity index (χ0) is 19.8. The van der Waals surface area contributed by atoms with E-state index in [1.54, 1.807) is 22.7 Å². The first kappa shape index (κ1) is 20.0. The van der Waals surface area contributed by atoms with Crippen LogP contribution in [0.2, 0.25) is 0 Å². The number of carbonyl (C=O) groups is 2. The highest BCUT2D eigenvalue weighted by Crippen LogP contribution is 2.19. The second kappa shape index (κ2) is 9.43. The van der Waals surface area contributed by atoms with Crippen LogP contribution < -0.4 is 0 Å². The van der Waals surface area contributed by atoms with Crippen molar-refractivity contribution in [2.75, 3.05) is 18.2 Å². The van der Waals surface area contributed by atoms with E-state index >= 15 is 0 Å². The normalized spacial score (nSPS) is 12.7. The quantitative estimate of drug-likeness (QED) is 0.447. The zero-order valence-corrected chi connectivity index (χ0v) is 14.8. The van der Waals surface area contributed by atoms with Crippen LogP contribution in [-0.2, 0) is 0 Å². The number of benzene rings is 2. The molecule has 10 heteroatoms. The number of non-ortho nitro benzene ring substituents is 2. The Bertz CT molecular complexity index is 867. The molecule has 0 atom stereocenters. The summed E-state index contributed by atoms with van der Waals surface area (Å²) in [6, 6.07) is 11.4. The van der Waals surface area contributed by atoms with Crippen molar-refractivity contribution in [2.45, 2.75) is 0 Å². The summed E-state index contributed by atoms with van der Waals surface area (Å²) in [7, 11) is 0. The molecule has 1 heterocycles. The number of nitro groups is 2. The van der Waals surface area contributed by atoms with Crippen molar-refractivity contribution >= 4 is 35.3 Å². The summed E-state index contributed by atoms with van der Waals surface area (Å²) in [6.07, 6.45) is 0.576. The van der Waals surface area contributed by atoms with Crippen LogP contribution in [0.15, 0.2) is 48.5 Å². The third-order valence-electron chi connectivity index (χ3n) is 3.56. The molecule has 27 heavy (non-hydrogen) atoms. The van der Waals surface area contributed by atoms with Gasteiger partial charge in [-0.1, -0.05) is 18.2 Å². The maximum Gasteiger partial charge on any atom is 0.270 e. The van der Waals surface area contributed by atoms with E-state index in [0.29, 0.717) is 29.8 Å². The molecule has 0 unspecified atom stereocenters. The lowest BCUT2D eigenvalue weighted by Gasteiger charge is -2.13. The van der Waals surface area contributed by atoms with E-state index in [1.807, 2.05) is 0 Å². The number of nitro benzene ring substituents is 2. The SMILES string of the molecule is O=C(c1cccc([N+](=O)[O-])c1)N1CCSC1.O=Cc1cccc([N+](=O)[O-])c1. The Morgan fingerprint density at radius 1 is 1.04 bits per heavy atom. The minimum absolute atomic E-state index is 0.0438. The summed E-state index contributed by atoms with van der Waals surface area (Å²) >= 11 is 1.69. The summed E-state index contributed by atoms with van der Waals surface area (Å²) in [4.78, 5) is 43.5. The molecule has 1 aliphatic rings. The van der Waals surface area contributed by atoms with E-state index in [-0.39, 0.29) is 17.3 Å². The van der Waals surface area contributed by atoms with Crippen molar-refractivity contribution in [1.82, 2.24) is 4.90 Å². The van der Waals surface area contributed by atoms with Crippen LogP contribution in [0.1, 0.15) is 20.7 Å². The Morgan fingerprint density at radius 3 is 2.22 bits per heavy atom. The number of aldehydes is 1. The van der Waals surface area contributed by atoms with Crippen LogP contribution in [0.5, 0.6) is 0 Å². The molecule has 0 aromatic heterocycles. The number of nitrogens with zero attached hydrogens (tertiary/aromatic N) is 3. The largest absolute Gasteiger partial charge is 0.329 e. The minimum Gasteiger partial charge on any atom is -0.329 e. The molecule has 2 aromatic carbocycles. The Kier molecular flexibility index (Phi) is 7.00. The molecule has 0 aliphatic carbocycles. The lowest BCUT2D eigenvalue weighted by Crippen LogP contribution is -2.27. The van der Waals surface area contributed by atoms with Crippen molar-refractivity contribution in [3.05, 3.63) is 79.9 Å². The number of rotatable bonds is 4. The molecule has 0 radical (unpaired) electrons. The molecular weight excluding hydrogens is 374 g/mol. The highest BCUT2D eigenvalue weighted by molar-refractivity contribution is 7.99. The number of carbonyl (C=O) groups excluding carboxylic acids is 2. The standard InChI is InChI=1S/C10H10N2O3S.C7H5NO3/c13-10(11-4-5-16-7-11)8-2-1-3-9(6-8)12(14)15;9-5-6-2-1-3-7(4-6)8(10)11/h1-3,6H,4-5,7H2;1-5H. The number of hydrogen-bond acceptors (Lipinski definition) is 7. The Labute approximate surface area is 158 Å². The molecule has 1 aliphatic heterocycles. The molecule has 3 rings (SSSR count). The third-order valence-corrected chi connectivity index (χ3v) is 4.53. The fraction of sp³-hybridized carbons (Fsp3) is 0.176.